The molecule has 0 aromatic heterocycles. The normalized spacial score (nSPS) is 10.3. The Kier molecular flexibility index (Phi) is 3.25. The minimum atomic E-state index is -0.349. The molecule has 0 saturated carbocycles. The summed E-state index contributed by atoms with van der Waals surface area (Å²) in [4.78, 5) is 10.8. The van der Waals surface area contributed by atoms with E-state index in [1.54, 1.807) is 12.1 Å². The van der Waals surface area contributed by atoms with Crippen molar-refractivity contribution in [3.8, 4) is 11.1 Å². The number of carbonyl (C=O) groups is 1. The summed E-state index contributed by atoms with van der Waals surface area (Å²) in [6.07, 6.45) is 0.768. The van der Waals surface area contributed by atoms with E-state index in [0.717, 1.165) is 17.4 Å². The van der Waals surface area contributed by atoms with Crippen molar-refractivity contribution in [2.75, 3.05) is 0 Å². The highest BCUT2D eigenvalue weighted by Gasteiger charge is 2.06. The lowest BCUT2D eigenvalue weighted by atomic mass is 10.0. The van der Waals surface area contributed by atoms with Crippen LogP contribution in [0.4, 0.5) is 4.39 Å². The van der Waals surface area contributed by atoms with Gasteiger partial charge in [0.1, 0.15) is 12.1 Å². The number of benzene rings is 2. The summed E-state index contributed by atoms with van der Waals surface area (Å²) in [5.74, 6) is -0.349. The summed E-state index contributed by atoms with van der Waals surface area (Å²) in [5.41, 5.74) is 2.83. The number of hydrogen-bond acceptors (Lipinski definition) is 1. The number of aldehydes is 1. The van der Waals surface area contributed by atoms with Gasteiger partial charge in [0.25, 0.3) is 0 Å². The molecular formula is C14H10ClFO. The predicted octanol–water partition coefficient (Wildman–Crippen LogP) is 4.27. The molecule has 0 atom stereocenters. The summed E-state index contributed by atoms with van der Waals surface area (Å²) in [6.45, 7) is 1.88. The van der Waals surface area contributed by atoms with Crippen LogP contribution in [0.25, 0.3) is 11.1 Å². The Labute approximate surface area is 104 Å². The molecule has 0 amide bonds. The van der Waals surface area contributed by atoms with Gasteiger partial charge in [-0.2, -0.15) is 0 Å². The van der Waals surface area contributed by atoms with Gasteiger partial charge in [-0.25, -0.2) is 4.39 Å². The van der Waals surface area contributed by atoms with Crippen molar-refractivity contribution >= 4 is 17.9 Å². The van der Waals surface area contributed by atoms with Gasteiger partial charge in [-0.3, -0.25) is 4.79 Å². The predicted molar refractivity (Wildman–Crippen MR) is 67.0 cm³/mol. The van der Waals surface area contributed by atoms with Gasteiger partial charge < -0.3 is 0 Å². The summed E-state index contributed by atoms with van der Waals surface area (Å²) in [6, 6.07) is 9.51. The Morgan fingerprint density at radius 1 is 1.18 bits per heavy atom. The van der Waals surface area contributed by atoms with Crippen LogP contribution < -0.4 is 0 Å². The van der Waals surface area contributed by atoms with E-state index in [2.05, 4.69) is 0 Å². The van der Waals surface area contributed by atoms with Gasteiger partial charge in [0.2, 0.25) is 0 Å². The van der Waals surface area contributed by atoms with Crippen molar-refractivity contribution in [3.05, 3.63) is 58.4 Å². The molecule has 0 aliphatic rings. The van der Waals surface area contributed by atoms with Crippen LogP contribution in [0.1, 0.15) is 15.9 Å². The number of aryl methyl sites for hydroxylation is 1. The van der Waals surface area contributed by atoms with Crippen LogP contribution in [0, 0.1) is 12.7 Å². The van der Waals surface area contributed by atoms with Gasteiger partial charge in [-0.15, -0.1) is 0 Å². The maximum atomic E-state index is 13.2. The van der Waals surface area contributed by atoms with Crippen LogP contribution in [0.3, 0.4) is 0 Å². The standard InChI is InChI=1S/C14H10ClFO/c1-9-4-10(8-17)6-11(5-9)13-7-12(16)2-3-14(13)15/h2-8H,1H3. The van der Waals surface area contributed by atoms with E-state index >= 15 is 0 Å². The van der Waals surface area contributed by atoms with Crippen molar-refractivity contribution in [3.63, 3.8) is 0 Å². The third-order valence-corrected chi connectivity index (χ3v) is 2.80. The molecule has 0 aliphatic heterocycles. The Bertz CT molecular complexity index is 578. The van der Waals surface area contributed by atoms with Gasteiger partial charge in [0.15, 0.2) is 0 Å². The first kappa shape index (κ1) is 11.8. The zero-order chi connectivity index (χ0) is 12.4. The molecule has 0 spiro atoms. The van der Waals surface area contributed by atoms with Crippen molar-refractivity contribution in [2.45, 2.75) is 6.92 Å². The summed E-state index contributed by atoms with van der Waals surface area (Å²) in [5, 5.41) is 0.467. The molecule has 0 aliphatic carbocycles. The van der Waals surface area contributed by atoms with Crippen molar-refractivity contribution in [1.29, 1.82) is 0 Å². The lowest BCUT2D eigenvalue weighted by molar-refractivity contribution is 0.112. The van der Waals surface area contributed by atoms with Gasteiger partial charge in [0.05, 0.1) is 0 Å². The second-order valence-electron chi connectivity index (χ2n) is 3.87. The Balaban J connectivity index is 2.63. The van der Waals surface area contributed by atoms with E-state index in [-0.39, 0.29) is 5.82 Å². The van der Waals surface area contributed by atoms with Crippen molar-refractivity contribution in [2.24, 2.45) is 0 Å². The van der Waals surface area contributed by atoms with Gasteiger partial charge in [0, 0.05) is 16.1 Å². The van der Waals surface area contributed by atoms with Gasteiger partial charge in [-0.05, 0) is 48.4 Å². The monoisotopic (exact) mass is 248 g/mol. The number of hydrogen-bond donors (Lipinski definition) is 0. The fourth-order valence-electron chi connectivity index (χ4n) is 1.75. The third-order valence-electron chi connectivity index (χ3n) is 2.48. The maximum Gasteiger partial charge on any atom is 0.150 e. The lowest BCUT2D eigenvalue weighted by Crippen LogP contribution is -1.87. The van der Waals surface area contributed by atoms with Crippen molar-refractivity contribution in [1.82, 2.24) is 0 Å². The first-order chi connectivity index (χ1) is 8.10. The molecule has 0 radical (unpaired) electrons. The van der Waals surface area contributed by atoms with Crippen LogP contribution in [0.15, 0.2) is 36.4 Å². The SMILES string of the molecule is Cc1cc(C=O)cc(-c2cc(F)ccc2Cl)c1. The van der Waals surface area contributed by atoms with Crippen LogP contribution in [-0.2, 0) is 0 Å². The first-order valence-corrected chi connectivity index (χ1v) is 5.50. The van der Waals surface area contributed by atoms with Crippen LogP contribution >= 0.6 is 11.6 Å². The molecule has 0 unspecified atom stereocenters. The van der Waals surface area contributed by atoms with E-state index in [1.807, 2.05) is 13.0 Å². The molecule has 2 aromatic rings. The zero-order valence-corrected chi connectivity index (χ0v) is 9.96. The van der Waals surface area contributed by atoms with Crippen LogP contribution in [0.5, 0.6) is 0 Å². The highest BCUT2D eigenvalue weighted by Crippen LogP contribution is 2.29. The van der Waals surface area contributed by atoms with Crippen LogP contribution in [-0.4, -0.2) is 6.29 Å². The topological polar surface area (TPSA) is 17.1 Å². The molecule has 1 nitrogen and oxygen atoms in total. The molecular weight excluding hydrogens is 239 g/mol. The smallest absolute Gasteiger partial charge is 0.150 e. The fourth-order valence-corrected chi connectivity index (χ4v) is 1.98. The fraction of sp³-hybridized carbons (Fsp3) is 0.0714. The Morgan fingerprint density at radius 3 is 2.65 bits per heavy atom. The maximum absolute atomic E-state index is 13.2. The molecule has 0 fully saturated rings. The molecule has 0 bridgehead atoms. The molecule has 86 valence electrons. The molecule has 0 saturated heterocycles. The van der Waals surface area contributed by atoms with E-state index in [1.165, 1.54) is 18.2 Å². The second-order valence-corrected chi connectivity index (χ2v) is 4.28. The minimum absolute atomic E-state index is 0.349. The van der Waals surface area contributed by atoms with Gasteiger partial charge in [-0.1, -0.05) is 17.7 Å². The Hall–Kier alpha value is -1.67. The van der Waals surface area contributed by atoms with Crippen molar-refractivity contribution < 1.29 is 9.18 Å². The Morgan fingerprint density at radius 2 is 1.94 bits per heavy atom. The zero-order valence-electron chi connectivity index (χ0n) is 9.21. The molecule has 3 heteroatoms. The lowest BCUT2D eigenvalue weighted by Gasteiger charge is -2.07. The average Bonchev–Trinajstić information content (AvgIpc) is 2.31. The number of carbonyl (C=O) groups excluding carboxylic acids is 1. The number of rotatable bonds is 2. The average molecular weight is 249 g/mol. The van der Waals surface area contributed by atoms with E-state index in [9.17, 15) is 9.18 Å². The summed E-state index contributed by atoms with van der Waals surface area (Å²) < 4.78 is 13.2. The van der Waals surface area contributed by atoms with E-state index in [4.69, 9.17) is 11.6 Å². The molecule has 0 N–H and O–H groups in total. The van der Waals surface area contributed by atoms with E-state index < -0.39 is 0 Å². The highest BCUT2D eigenvalue weighted by atomic mass is 35.5. The van der Waals surface area contributed by atoms with Gasteiger partial charge >= 0.3 is 0 Å². The minimum Gasteiger partial charge on any atom is -0.298 e. The highest BCUT2D eigenvalue weighted by molar-refractivity contribution is 6.33. The molecule has 17 heavy (non-hydrogen) atoms. The molecule has 0 heterocycles. The number of halogens is 2. The molecule has 2 aromatic carbocycles. The summed E-state index contributed by atoms with van der Waals surface area (Å²) in [7, 11) is 0. The second kappa shape index (κ2) is 4.68. The largest absolute Gasteiger partial charge is 0.298 e. The van der Waals surface area contributed by atoms with Crippen LogP contribution in [0.2, 0.25) is 5.02 Å². The quantitative estimate of drug-likeness (QED) is 0.726. The first-order valence-electron chi connectivity index (χ1n) is 5.12. The molecule has 2 rings (SSSR count). The summed E-state index contributed by atoms with van der Waals surface area (Å²) >= 11 is 6.02. The third kappa shape index (κ3) is 2.53. The van der Waals surface area contributed by atoms with E-state index in [0.29, 0.717) is 16.1 Å².